The molecule has 24 heavy (non-hydrogen) atoms. The van der Waals surface area contributed by atoms with Crippen LogP contribution in [0.2, 0.25) is 0 Å². The maximum absolute atomic E-state index is 14.0. The first-order valence-corrected chi connectivity index (χ1v) is 7.97. The van der Waals surface area contributed by atoms with Gasteiger partial charge in [-0.25, -0.2) is 4.39 Å². The van der Waals surface area contributed by atoms with E-state index in [-0.39, 0.29) is 18.3 Å². The highest BCUT2D eigenvalue weighted by atomic mass is 19.1. The molecule has 0 aromatic heterocycles. The molecule has 2 aromatic rings. The minimum atomic E-state index is -0.293. The fraction of sp³-hybridized carbons (Fsp3) is 0.316. The molecule has 2 aromatic carbocycles. The van der Waals surface area contributed by atoms with Crippen LogP contribution in [0.15, 0.2) is 48.5 Å². The number of likely N-dealkylation sites (N-methyl/N-ethyl adjacent to an activating group) is 1. The van der Waals surface area contributed by atoms with E-state index in [1.54, 1.807) is 35.2 Å². The second-order valence-electron chi connectivity index (χ2n) is 6.02. The normalized spacial score (nSPS) is 10.9. The first-order chi connectivity index (χ1) is 11.5. The van der Waals surface area contributed by atoms with Crippen LogP contribution < -0.4 is 5.73 Å². The summed E-state index contributed by atoms with van der Waals surface area (Å²) in [6.07, 6.45) is 0. The molecule has 0 spiro atoms. The molecule has 2 rings (SSSR count). The zero-order valence-corrected chi connectivity index (χ0v) is 14.2. The third kappa shape index (κ3) is 4.88. The molecule has 0 heterocycles. The minimum absolute atomic E-state index is 0.108. The van der Waals surface area contributed by atoms with Crippen molar-refractivity contribution in [2.24, 2.45) is 5.73 Å². The Kier molecular flexibility index (Phi) is 6.46. The van der Waals surface area contributed by atoms with Crippen LogP contribution in [0.1, 0.15) is 21.5 Å². The molecule has 0 fully saturated rings. The summed E-state index contributed by atoms with van der Waals surface area (Å²) in [5.41, 5.74) is 7.67. The van der Waals surface area contributed by atoms with Crippen molar-refractivity contribution in [2.75, 3.05) is 27.2 Å². The Morgan fingerprint density at radius 1 is 1.04 bits per heavy atom. The van der Waals surface area contributed by atoms with Crippen molar-refractivity contribution in [1.82, 2.24) is 9.80 Å². The summed E-state index contributed by atoms with van der Waals surface area (Å²) < 4.78 is 14.0. The number of nitrogens with two attached hydrogens (primary N) is 1. The topological polar surface area (TPSA) is 49.6 Å². The molecular weight excluding hydrogens is 305 g/mol. The number of benzene rings is 2. The Hall–Kier alpha value is -2.24. The number of nitrogens with zero attached hydrogens (tertiary/aromatic N) is 2. The fourth-order valence-electron chi connectivity index (χ4n) is 2.37. The number of rotatable bonds is 7. The van der Waals surface area contributed by atoms with E-state index >= 15 is 0 Å². The Bertz CT molecular complexity index is 671. The Balaban J connectivity index is 2.20. The molecule has 4 nitrogen and oxygen atoms in total. The van der Waals surface area contributed by atoms with Gasteiger partial charge in [-0.15, -0.1) is 0 Å². The minimum Gasteiger partial charge on any atom is -0.333 e. The van der Waals surface area contributed by atoms with Crippen molar-refractivity contribution >= 4 is 5.91 Å². The first-order valence-electron chi connectivity index (χ1n) is 7.97. The summed E-state index contributed by atoms with van der Waals surface area (Å²) in [4.78, 5) is 16.5. The van der Waals surface area contributed by atoms with E-state index in [1.807, 2.05) is 31.1 Å². The first kappa shape index (κ1) is 18.1. The lowest BCUT2D eigenvalue weighted by atomic mass is 10.1. The van der Waals surface area contributed by atoms with Crippen LogP contribution in [0.4, 0.5) is 4.39 Å². The maximum Gasteiger partial charge on any atom is 0.254 e. The lowest BCUT2D eigenvalue weighted by Gasteiger charge is -2.25. The molecule has 2 N–H and O–H groups in total. The highest BCUT2D eigenvalue weighted by molar-refractivity contribution is 5.94. The largest absolute Gasteiger partial charge is 0.333 e. The summed E-state index contributed by atoms with van der Waals surface area (Å²) in [7, 11) is 3.89. The molecule has 0 atom stereocenters. The van der Waals surface area contributed by atoms with Crippen molar-refractivity contribution in [1.29, 1.82) is 0 Å². The van der Waals surface area contributed by atoms with Crippen LogP contribution in [0.3, 0.4) is 0 Å². The second kappa shape index (κ2) is 8.57. The van der Waals surface area contributed by atoms with Gasteiger partial charge in [0, 0.05) is 37.3 Å². The quantitative estimate of drug-likeness (QED) is 0.849. The summed E-state index contributed by atoms with van der Waals surface area (Å²) in [5.74, 6) is -0.401. The Labute approximate surface area is 142 Å². The fourth-order valence-corrected chi connectivity index (χ4v) is 2.37. The lowest BCUT2D eigenvalue weighted by molar-refractivity contribution is 0.0730. The van der Waals surface area contributed by atoms with E-state index in [1.165, 1.54) is 6.07 Å². The van der Waals surface area contributed by atoms with E-state index in [9.17, 15) is 9.18 Å². The average Bonchev–Trinajstić information content (AvgIpc) is 2.59. The van der Waals surface area contributed by atoms with Crippen LogP contribution in [0, 0.1) is 5.82 Å². The van der Waals surface area contributed by atoms with Gasteiger partial charge in [0.25, 0.3) is 5.91 Å². The predicted molar refractivity (Wildman–Crippen MR) is 94.0 cm³/mol. The molecule has 5 heteroatoms. The van der Waals surface area contributed by atoms with Crippen LogP contribution in [0.5, 0.6) is 0 Å². The average molecular weight is 329 g/mol. The summed E-state index contributed by atoms with van der Waals surface area (Å²) in [6, 6.07) is 13.8. The van der Waals surface area contributed by atoms with Gasteiger partial charge < -0.3 is 15.5 Å². The van der Waals surface area contributed by atoms with E-state index in [0.29, 0.717) is 30.8 Å². The highest BCUT2D eigenvalue weighted by Crippen LogP contribution is 2.14. The van der Waals surface area contributed by atoms with E-state index in [2.05, 4.69) is 0 Å². The molecule has 128 valence electrons. The van der Waals surface area contributed by atoms with Gasteiger partial charge in [0.05, 0.1) is 0 Å². The lowest BCUT2D eigenvalue weighted by Crippen LogP contribution is -2.36. The predicted octanol–water partition coefficient (Wildman–Crippen LogP) is 2.49. The van der Waals surface area contributed by atoms with Gasteiger partial charge in [-0.1, -0.05) is 30.3 Å². The van der Waals surface area contributed by atoms with Crippen molar-refractivity contribution < 1.29 is 9.18 Å². The number of halogens is 1. The monoisotopic (exact) mass is 329 g/mol. The number of hydrogen-bond donors (Lipinski definition) is 1. The van der Waals surface area contributed by atoms with Crippen LogP contribution >= 0.6 is 0 Å². The molecule has 0 aliphatic heterocycles. The summed E-state index contributed by atoms with van der Waals surface area (Å²) in [6.45, 7) is 1.92. The smallest absolute Gasteiger partial charge is 0.254 e. The third-order valence-electron chi connectivity index (χ3n) is 3.86. The molecule has 0 saturated heterocycles. The van der Waals surface area contributed by atoms with E-state index in [0.717, 1.165) is 5.56 Å². The van der Waals surface area contributed by atoms with Crippen LogP contribution in [-0.4, -0.2) is 42.9 Å². The Morgan fingerprint density at radius 2 is 1.71 bits per heavy atom. The molecular formula is C19H24FN3O. The molecule has 1 amide bonds. The van der Waals surface area contributed by atoms with Crippen molar-refractivity contribution in [3.05, 3.63) is 71.0 Å². The number of carbonyl (C=O) groups excluding carboxylic acids is 1. The number of amides is 1. The van der Waals surface area contributed by atoms with Crippen molar-refractivity contribution in [3.63, 3.8) is 0 Å². The van der Waals surface area contributed by atoms with Crippen molar-refractivity contribution in [3.8, 4) is 0 Å². The van der Waals surface area contributed by atoms with E-state index in [4.69, 9.17) is 5.73 Å². The van der Waals surface area contributed by atoms with Gasteiger partial charge in [-0.3, -0.25) is 4.79 Å². The third-order valence-corrected chi connectivity index (χ3v) is 3.86. The Morgan fingerprint density at radius 3 is 2.29 bits per heavy atom. The van der Waals surface area contributed by atoms with Gasteiger partial charge in [0.15, 0.2) is 0 Å². The standard InChI is InChI=1S/C19H24FN3O/c1-22(2)11-12-23(14-17-5-3-4-6-18(17)20)19(24)16-9-7-15(13-21)8-10-16/h3-10H,11-14,21H2,1-2H3. The van der Waals surface area contributed by atoms with Gasteiger partial charge in [0.2, 0.25) is 0 Å². The number of hydrogen-bond acceptors (Lipinski definition) is 3. The molecule has 0 aliphatic rings. The van der Waals surface area contributed by atoms with E-state index < -0.39 is 0 Å². The molecule has 0 aliphatic carbocycles. The molecule has 0 bridgehead atoms. The zero-order valence-electron chi connectivity index (χ0n) is 14.2. The van der Waals surface area contributed by atoms with Gasteiger partial charge in [0.1, 0.15) is 5.82 Å². The SMILES string of the molecule is CN(C)CCN(Cc1ccccc1F)C(=O)c1ccc(CN)cc1. The van der Waals surface area contributed by atoms with Crippen LogP contribution in [-0.2, 0) is 13.1 Å². The maximum atomic E-state index is 14.0. The number of carbonyl (C=O) groups is 1. The summed E-state index contributed by atoms with van der Waals surface area (Å²) in [5, 5.41) is 0. The van der Waals surface area contributed by atoms with Gasteiger partial charge in [-0.05, 0) is 37.9 Å². The van der Waals surface area contributed by atoms with Gasteiger partial charge in [-0.2, -0.15) is 0 Å². The van der Waals surface area contributed by atoms with Crippen LogP contribution in [0.25, 0.3) is 0 Å². The van der Waals surface area contributed by atoms with Crippen molar-refractivity contribution in [2.45, 2.75) is 13.1 Å². The molecule has 0 unspecified atom stereocenters. The molecule has 0 saturated carbocycles. The molecule has 0 radical (unpaired) electrons. The summed E-state index contributed by atoms with van der Waals surface area (Å²) >= 11 is 0. The van der Waals surface area contributed by atoms with Gasteiger partial charge >= 0.3 is 0 Å². The second-order valence-corrected chi connectivity index (χ2v) is 6.02. The highest BCUT2D eigenvalue weighted by Gasteiger charge is 2.17. The zero-order chi connectivity index (χ0) is 17.5.